The van der Waals surface area contributed by atoms with Crippen LogP contribution in [-0.2, 0) is 4.79 Å². The largest absolute Gasteiger partial charge is 0.493 e. The molecule has 0 saturated carbocycles. The lowest BCUT2D eigenvalue weighted by Gasteiger charge is -2.10. The molecule has 0 aliphatic rings. The zero-order chi connectivity index (χ0) is 27.4. The number of unbranched alkanes of at least 4 members (excludes halogenated alkanes) is 12. The number of hydrogen-bond donors (Lipinski definition) is 1. The molecule has 0 radical (unpaired) electrons. The summed E-state index contributed by atoms with van der Waals surface area (Å²) in [7, 11) is 1.50. The maximum Gasteiger partial charge on any atom is 0.343 e. The van der Waals surface area contributed by atoms with E-state index >= 15 is 0 Å². The number of carbonyl (C=O) groups is 2. The van der Waals surface area contributed by atoms with E-state index in [1.807, 2.05) is 6.07 Å². The number of nitrogens with zero attached hydrogens (tertiary/aromatic N) is 1. The van der Waals surface area contributed by atoms with Gasteiger partial charge in [-0.15, -0.1) is 0 Å². The van der Waals surface area contributed by atoms with Gasteiger partial charge < -0.3 is 9.47 Å². The van der Waals surface area contributed by atoms with Crippen molar-refractivity contribution in [3.63, 3.8) is 0 Å². The number of methoxy groups -OCH3 is 1. The van der Waals surface area contributed by atoms with Crippen molar-refractivity contribution < 1.29 is 19.1 Å². The van der Waals surface area contributed by atoms with E-state index < -0.39 is 5.97 Å². The topological polar surface area (TPSA) is 77.0 Å². The van der Waals surface area contributed by atoms with Crippen molar-refractivity contribution in [1.29, 1.82) is 0 Å². The van der Waals surface area contributed by atoms with Crippen LogP contribution in [0.5, 0.6) is 11.5 Å². The molecule has 2 aromatic carbocycles. The van der Waals surface area contributed by atoms with Crippen LogP contribution in [0.4, 0.5) is 0 Å². The average Bonchev–Trinajstić information content (AvgIpc) is 2.92. The Labute approximate surface area is 236 Å². The minimum absolute atomic E-state index is 0.0872. The number of amides is 1. The van der Waals surface area contributed by atoms with Gasteiger partial charge in [0.15, 0.2) is 11.5 Å². The van der Waals surface area contributed by atoms with Gasteiger partial charge in [-0.25, -0.2) is 10.2 Å². The third-order valence-corrected chi connectivity index (χ3v) is 6.85. The van der Waals surface area contributed by atoms with E-state index in [4.69, 9.17) is 9.47 Å². The first-order valence-electron chi connectivity index (χ1n) is 14.0. The lowest BCUT2D eigenvalue weighted by atomic mass is 10.0. The lowest BCUT2D eigenvalue weighted by Crippen LogP contribution is -2.16. The second kappa shape index (κ2) is 19.4. The van der Waals surface area contributed by atoms with Gasteiger partial charge in [-0.3, -0.25) is 4.79 Å². The van der Waals surface area contributed by atoms with Gasteiger partial charge in [-0.2, -0.15) is 5.10 Å². The molecule has 1 amide bonds. The third kappa shape index (κ3) is 13.2. The summed E-state index contributed by atoms with van der Waals surface area (Å²) in [6.45, 7) is 2.26. The minimum atomic E-state index is -0.480. The molecule has 1 N–H and O–H groups in total. The van der Waals surface area contributed by atoms with E-state index in [0.717, 1.165) is 17.3 Å². The van der Waals surface area contributed by atoms with Crippen molar-refractivity contribution in [3.05, 3.63) is 58.1 Å². The van der Waals surface area contributed by atoms with E-state index in [2.05, 4.69) is 33.4 Å². The van der Waals surface area contributed by atoms with Gasteiger partial charge in [0.2, 0.25) is 5.91 Å². The van der Waals surface area contributed by atoms with Crippen molar-refractivity contribution in [3.8, 4) is 11.5 Å². The molecule has 7 heteroatoms. The van der Waals surface area contributed by atoms with Crippen molar-refractivity contribution in [2.75, 3.05) is 7.11 Å². The highest BCUT2D eigenvalue weighted by Gasteiger charge is 2.13. The molecule has 0 saturated heterocycles. The van der Waals surface area contributed by atoms with Crippen molar-refractivity contribution in [1.82, 2.24) is 5.43 Å². The zero-order valence-electron chi connectivity index (χ0n) is 23.0. The lowest BCUT2D eigenvalue weighted by molar-refractivity contribution is -0.121. The molecule has 0 unspecified atom stereocenters. The molecule has 6 nitrogen and oxygen atoms in total. The van der Waals surface area contributed by atoms with Gasteiger partial charge in [0.05, 0.1) is 18.9 Å². The molecule has 38 heavy (non-hydrogen) atoms. The molecule has 0 aromatic heterocycles. The van der Waals surface area contributed by atoms with Gasteiger partial charge in [0.25, 0.3) is 0 Å². The van der Waals surface area contributed by atoms with Crippen LogP contribution in [0, 0.1) is 0 Å². The molecule has 0 bridgehead atoms. The number of hydrazone groups is 1. The first kappa shape index (κ1) is 31.5. The van der Waals surface area contributed by atoms with E-state index in [-0.39, 0.29) is 5.91 Å². The Kier molecular flexibility index (Phi) is 16.1. The number of rotatable bonds is 19. The van der Waals surface area contributed by atoms with Crippen LogP contribution in [0.15, 0.2) is 52.0 Å². The number of benzene rings is 2. The Morgan fingerprint density at radius 1 is 0.842 bits per heavy atom. The van der Waals surface area contributed by atoms with Gasteiger partial charge in [-0.1, -0.05) is 106 Å². The maximum absolute atomic E-state index is 12.4. The predicted molar refractivity (Wildman–Crippen MR) is 158 cm³/mol. The predicted octanol–water partition coefficient (Wildman–Crippen LogP) is 8.61. The number of nitrogens with one attached hydrogen (secondary N) is 1. The van der Waals surface area contributed by atoms with Gasteiger partial charge in [0, 0.05) is 10.9 Å². The molecule has 0 spiro atoms. The van der Waals surface area contributed by atoms with Crippen LogP contribution >= 0.6 is 15.9 Å². The van der Waals surface area contributed by atoms with Gasteiger partial charge in [-0.05, 0) is 48.4 Å². The Bertz CT molecular complexity index is 1010. The smallest absolute Gasteiger partial charge is 0.343 e. The van der Waals surface area contributed by atoms with E-state index in [9.17, 15) is 9.59 Å². The summed E-state index contributed by atoms with van der Waals surface area (Å²) in [5, 5.41) is 4.05. The number of halogens is 1. The fraction of sp³-hybridized carbons (Fsp3) is 0.516. The minimum Gasteiger partial charge on any atom is -0.493 e. The Balaban J connectivity index is 1.61. The SMILES string of the molecule is CCCCCCCCCCCCCCCC(=O)N/N=C/c1ccc(OC(=O)c2cccc(Br)c2)c(OC)c1. The number of ether oxygens (including phenoxy) is 2. The fourth-order valence-electron chi connectivity index (χ4n) is 4.16. The van der Waals surface area contributed by atoms with Crippen molar-refractivity contribution in [2.45, 2.75) is 96.8 Å². The summed E-state index contributed by atoms with van der Waals surface area (Å²) in [4.78, 5) is 24.5. The molecule has 0 fully saturated rings. The van der Waals surface area contributed by atoms with Crippen LogP contribution in [0.1, 0.15) is 113 Å². The highest BCUT2D eigenvalue weighted by atomic mass is 79.9. The van der Waals surface area contributed by atoms with Crippen molar-refractivity contribution in [2.24, 2.45) is 5.10 Å². The summed E-state index contributed by atoms with van der Waals surface area (Å²) in [6, 6.07) is 12.1. The summed E-state index contributed by atoms with van der Waals surface area (Å²) in [6.07, 6.45) is 18.7. The van der Waals surface area contributed by atoms with Crippen molar-refractivity contribution >= 4 is 34.0 Å². The summed E-state index contributed by atoms with van der Waals surface area (Å²) >= 11 is 3.35. The fourth-order valence-corrected chi connectivity index (χ4v) is 4.56. The Morgan fingerprint density at radius 2 is 1.47 bits per heavy atom. The summed E-state index contributed by atoms with van der Waals surface area (Å²) < 4.78 is 11.7. The first-order valence-corrected chi connectivity index (χ1v) is 14.8. The standard InChI is InChI=1S/C31H43BrN2O4/c1-3-4-5-6-7-8-9-10-11-12-13-14-15-19-30(35)34-33-24-25-20-21-28(29(22-25)37-2)38-31(36)26-17-16-18-27(32)23-26/h16-18,20-24H,3-15,19H2,1-2H3,(H,34,35)/b33-24+. The highest BCUT2D eigenvalue weighted by Crippen LogP contribution is 2.28. The molecule has 0 aliphatic heterocycles. The Morgan fingerprint density at radius 3 is 2.08 bits per heavy atom. The van der Waals surface area contributed by atoms with Crippen LogP contribution in [0.25, 0.3) is 0 Å². The van der Waals surface area contributed by atoms with Gasteiger partial charge >= 0.3 is 5.97 Å². The number of carbonyl (C=O) groups excluding carboxylic acids is 2. The number of hydrogen-bond acceptors (Lipinski definition) is 5. The highest BCUT2D eigenvalue weighted by molar-refractivity contribution is 9.10. The van der Waals surface area contributed by atoms with Crippen LogP contribution in [-0.4, -0.2) is 25.2 Å². The van der Waals surface area contributed by atoms with Gasteiger partial charge in [0.1, 0.15) is 0 Å². The summed E-state index contributed by atoms with van der Waals surface area (Å²) in [5.41, 5.74) is 3.73. The molecule has 208 valence electrons. The monoisotopic (exact) mass is 586 g/mol. The molecule has 0 atom stereocenters. The quantitative estimate of drug-likeness (QED) is 0.0587. The van der Waals surface area contributed by atoms with Crippen LogP contribution < -0.4 is 14.9 Å². The van der Waals surface area contributed by atoms with E-state index in [0.29, 0.717) is 29.0 Å². The normalized spacial score (nSPS) is 11.0. The molecule has 2 aromatic rings. The molecule has 0 aliphatic carbocycles. The zero-order valence-corrected chi connectivity index (χ0v) is 24.6. The second-order valence-electron chi connectivity index (χ2n) is 9.60. The molecule has 2 rings (SSSR count). The van der Waals surface area contributed by atoms with E-state index in [1.165, 1.54) is 77.7 Å². The molecular formula is C31H43BrN2O4. The summed E-state index contributed by atoms with van der Waals surface area (Å²) in [5.74, 6) is 0.138. The molecular weight excluding hydrogens is 544 g/mol. The average molecular weight is 588 g/mol. The first-order chi connectivity index (χ1) is 18.5. The molecule has 0 heterocycles. The van der Waals surface area contributed by atoms with Crippen LogP contribution in [0.2, 0.25) is 0 Å². The number of esters is 1. The Hall–Kier alpha value is -2.67. The second-order valence-corrected chi connectivity index (χ2v) is 10.5. The third-order valence-electron chi connectivity index (χ3n) is 6.36. The van der Waals surface area contributed by atoms with E-state index in [1.54, 1.807) is 42.6 Å². The van der Waals surface area contributed by atoms with Crippen LogP contribution in [0.3, 0.4) is 0 Å². The maximum atomic E-state index is 12.4.